The van der Waals surface area contributed by atoms with Gasteiger partial charge in [-0.15, -0.1) is 0 Å². The Hall–Kier alpha value is -1.94. The number of allylic oxidation sites excluding steroid dienone is 1. The molecule has 0 fully saturated rings. The van der Waals surface area contributed by atoms with Gasteiger partial charge in [-0.3, -0.25) is 9.69 Å². The highest BCUT2D eigenvalue weighted by Crippen LogP contribution is 2.23. The molecule has 1 aliphatic rings. The molecule has 0 saturated carbocycles. The number of carbonyl (C=O) groups excluding carboxylic acids is 2. The maximum absolute atomic E-state index is 12.3. The fraction of sp³-hybridized carbons (Fsp3) is 0.412. The fourth-order valence-corrected chi connectivity index (χ4v) is 2.65. The van der Waals surface area contributed by atoms with E-state index in [1.807, 2.05) is 19.2 Å². The standard InChI is InChI=1S/C17H21NO3/c1-18-12-14-8-4-3-7-13(14)11-15(18)16(19)9-5-6-10-17(20)21-2/h3-4,6-8,10,15H,5,9,11-12H2,1-2H3/b10-6+. The second kappa shape index (κ2) is 7.18. The predicted octanol–water partition coefficient (Wildman–Crippen LogP) is 2.12. The van der Waals surface area contributed by atoms with E-state index in [-0.39, 0.29) is 17.8 Å². The molecule has 1 aromatic rings. The Morgan fingerprint density at radius 3 is 2.76 bits per heavy atom. The van der Waals surface area contributed by atoms with Gasteiger partial charge in [0.2, 0.25) is 0 Å². The first-order valence-corrected chi connectivity index (χ1v) is 7.16. The third-order valence-electron chi connectivity index (χ3n) is 3.87. The summed E-state index contributed by atoms with van der Waals surface area (Å²) in [5.41, 5.74) is 2.56. The molecule has 0 N–H and O–H groups in total. The summed E-state index contributed by atoms with van der Waals surface area (Å²) in [5, 5.41) is 0. The van der Waals surface area contributed by atoms with E-state index in [0.717, 1.165) is 13.0 Å². The van der Waals surface area contributed by atoms with Gasteiger partial charge < -0.3 is 4.74 Å². The van der Waals surface area contributed by atoms with Crippen molar-refractivity contribution in [3.8, 4) is 0 Å². The summed E-state index contributed by atoms with van der Waals surface area (Å²) in [7, 11) is 3.33. The minimum Gasteiger partial charge on any atom is -0.466 e. The first-order valence-electron chi connectivity index (χ1n) is 7.16. The highest BCUT2D eigenvalue weighted by Gasteiger charge is 2.27. The van der Waals surface area contributed by atoms with Gasteiger partial charge in [0.25, 0.3) is 0 Å². The predicted molar refractivity (Wildman–Crippen MR) is 80.8 cm³/mol. The molecule has 1 aliphatic heterocycles. The molecule has 1 aromatic carbocycles. The van der Waals surface area contributed by atoms with Crippen LogP contribution < -0.4 is 0 Å². The average Bonchev–Trinajstić information content (AvgIpc) is 2.50. The van der Waals surface area contributed by atoms with Crippen molar-refractivity contribution in [1.82, 2.24) is 4.90 Å². The number of fused-ring (bicyclic) bond motifs is 1. The second-order valence-electron chi connectivity index (χ2n) is 5.33. The topological polar surface area (TPSA) is 46.6 Å². The van der Waals surface area contributed by atoms with Crippen LogP contribution in [0.25, 0.3) is 0 Å². The summed E-state index contributed by atoms with van der Waals surface area (Å²) in [5.74, 6) is -0.160. The van der Waals surface area contributed by atoms with Crippen molar-refractivity contribution < 1.29 is 14.3 Å². The molecule has 0 spiro atoms. The molecule has 0 saturated heterocycles. The number of rotatable bonds is 5. The van der Waals surface area contributed by atoms with E-state index >= 15 is 0 Å². The molecule has 0 bridgehead atoms. The number of ketones is 1. The Morgan fingerprint density at radius 1 is 1.33 bits per heavy atom. The van der Waals surface area contributed by atoms with Crippen molar-refractivity contribution in [2.75, 3.05) is 14.2 Å². The van der Waals surface area contributed by atoms with Crippen LogP contribution in [0.1, 0.15) is 24.0 Å². The van der Waals surface area contributed by atoms with Gasteiger partial charge in [0.1, 0.15) is 0 Å². The van der Waals surface area contributed by atoms with Crippen LogP contribution in [0.4, 0.5) is 0 Å². The van der Waals surface area contributed by atoms with Crippen molar-refractivity contribution in [2.24, 2.45) is 0 Å². The molecule has 112 valence electrons. The van der Waals surface area contributed by atoms with Gasteiger partial charge in [-0.05, 0) is 31.0 Å². The van der Waals surface area contributed by atoms with Crippen LogP contribution in [-0.4, -0.2) is 36.9 Å². The van der Waals surface area contributed by atoms with E-state index in [1.165, 1.54) is 24.3 Å². The smallest absolute Gasteiger partial charge is 0.330 e. The van der Waals surface area contributed by atoms with Crippen molar-refractivity contribution >= 4 is 11.8 Å². The molecule has 0 radical (unpaired) electrons. The van der Waals surface area contributed by atoms with Crippen molar-refractivity contribution in [1.29, 1.82) is 0 Å². The Labute approximate surface area is 125 Å². The van der Waals surface area contributed by atoms with Crippen molar-refractivity contribution in [3.05, 3.63) is 47.5 Å². The quantitative estimate of drug-likeness (QED) is 0.615. The maximum Gasteiger partial charge on any atom is 0.330 e. The molecule has 1 unspecified atom stereocenters. The lowest BCUT2D eigenvalue weighted by Crippen LogP contribution is -2.43. The van der Waals surface area contributed by atoms with Crippen molar-refractivity contribution in [2.45, 2.75) is 31.8 Å². The molecular weight excluding hydrogens is 266 g/mol. The summed E-state index contributed by atoms with van der Waals surface area (Å²) < 4.78 is 4.51. The number of esters is 1. The van der Waals surface area contributed by atoms with Gasteiger partial charge in [0.05, 0.1) is 13.2 Å². The van der Waals surface area contributed by atoms with Crippen LogP contribution >= 0.6 is 0 Å². The maximum atomic E-state index is 12.3. The number of benzene rings is 1. The molecule has 1 atom stereocenters. The number of ether oxygens (including phenoxy) is 1. The molecule has 0 aliphatic carbocycles. The number of Topliss-reactive ketones (excluding diaryl/α,β-unsaturated/α-hetero) is 1. The number of hydrogen-bond acceptors (Lipinski definition) is 4. The molecule has 0 aromatic heterocycles. The number of nitrogens with zero attached hydrogens (tertiary/aromatic N) is 1. The minimum atomic E-state index is -0.383. The van der Waals surface area contributed by atoms with Crippen LogP contribution in [-0.2, 0) is 27.3 Å². The lowest BCUT2D eigenvalue weighted by molar-refractivity contribution is -0.134. The lowest BCUT2D eigenvalue weighted by atomic mass is 9.91. The van der Waals surface area contributed by atoms with Gasteiger partial charge in [0.15, 0.2) is 5.78 Å². The van der Waals surface area contributed by atoms with Gasteiger partial charge >= 0.3 is 5.97 Å². The Bertz CT molecular complexity index is 551. The van der Waals surface area contributed by atoms with E-state index in [1.54, 1.807) is 6.08 Å². The normalized spacial score (nSPS) is 18.5. The van der Waals surface area contributed by atoms with E-state index in [9.17, 15) is 9.59 Å². The molecular formula is C17H21NO3. The van der Waals surface area contributed by atoms with E-state index < -0.39 is 0 Å². The first kappa shape index (κ1) is 15.4. The second-order valence-corrected chi connectivity index (χ2v) is 5.33. The van der Waals surface area contributed by atoms with E-state index in [2.05, 4.69) is 21.8 Å². The minimum absolute atomic E-state index is 0.0635. The third kappa shape index (κ3) is 4.02. The third-order valence-corrected chi connectivity index (χ3v) is 3.87. The molecule has 4 nitrogen and oxygen atoms in total. The molecule has 0 amide bonds. The summed E-state index contributed by atoms with van der Waals surface area (Å²) in [6, 6.07) is 8.20. The van der Waals surface area contributed by atoms with E-state index in [0.29, 0.717) is 12.8 Å². The van der Waals surface area contributed by atoms with Crippen LogP contribution in [0, 0.1) is 0 Å². The number of likely N-dealkylation sites (N-methyl/N-ethyl adjacent to an activating group) is 1. The van der Waals surface area contributed by atoms with Crippen molar-refractivity contribution in [3.63, 3.8) is 0 Å². The van der Waals surface area contributed by atoms with Crippen LogP contribution in [0.3, 0.4) is 0 Å². The molecule has 2 rings (SSSR count). The summed E-state index contributed by atoms with van der Waals surface area (Å²) in [6.45, 7) is 0.810. The summed E-state index contributed by atoms with van der Waals surface area (Å²) >= 11 is 0. The Balaban J connectivity index is 1.91. The van der Waals surface area contributed by atoms with Crippen LogP contribution in [0.2, 0.25) is 0 Å². The highest BCUT2D eigenvalue weighted by atomic mass is 16.5. The van der Waals surface area contributed by atoms with Crippen LogP contribution in [0.5, 0.6) is 0 Å². The highest BCUT2D eigenvalue weighted by molar-refractivity contribution is 5.85. The summed E-state index contributed by atoms with van der Waals surface area (Å²) in [6.07, 6.45) is 4.85. The number of carbonyl (C=O) groups is 2. The Kier molecular flexibility index (Phi) is 5.28. The molecule has 1 heterocycles. The lowest BCUT2D eigenvalue weighted by Gasteiger charge is -2.33. The molecule has 4 heteroatoms. The zero-order valence-electron chi connectivity index (χ0n) is 12.5. The van der Waals surface area contributed by atoms with Crippen LogP contribution in [0.15, 0.2) is 36.4 Å². The average molecular weight is 287 g/mol. The number of hydrogen-bond donors (Lipinski definition) is 0. The molecule has 21 heavy (non-hydrogen) atoms. The number of methoxy groups -OCH3 is 1. The Morgan fingerprint density at radius 2 is 2.05 bits per heavy atom. The fourth-order valence-electron chi connectivity index (χ4n) is 2.65. The monoisotopic (exact) mass is 287 g/mol. The largest absolute Gasteiger partial charge is 0.466 e. The summed E-state index contributed by atoms with van der Waals surface area (Å²) in [4.78, 5) is 25.4. The zero-order chi connectivity index (χ0) is 15.2. The van der Waals surface area contributed by atoms with E-state index in [4.69, 9.17) is 0 Å². The van der Waals surface area contributed by atoms with Gasteiger partial charge in [-0.25, -0.2) is 4.79 Å². The zero-order valence-corrected chi connectivity index (χ0v) is 12.5. The first-order chi connectivity index (χ1) is 10.1. The van der Waals surface area contributed by atoms with Gasteiger partial charge in [0, 0.05) is 19.0 Å². The van der Waals surface area contributed by atoms with Gasteiger partial charge in [-0.1, -0.05) is 30.3 Å². The van der Waals surface area contributed by atoms with Gasteiger partial charge in [-0.2, -0.15) is 0 Å². The SMILES string of the molecule is COC(=O)/C=C/CCC(=O)C1Cc2ccccc2CN1C.